The number of aromatic nitrogens is 5. The second-order valence-electron chi connectivity index (χ2n) is 5.31. The molecular weight excluding hydrogens is 266 g/mol. The number of aryl methyl sites for hydroxylation is 2. The second-order valence-corrected chi connectivity index (χ2v) is 5.31. The van der Waals surface area contributed by atoms with Crippen LogP contribution >= 0.6 is 0 Å². The highest BCUT2D eigenvalue weighted by molar-refractivity contribution is 5.53. The molecule has 1 aromatic carbocycles. The third-order valence-electron chi connectivity index (χ3n) is 3.61. The third kappa shape index (κ3) is 2.69. The van der Waals surface area contributed by atoms with Crippen LogP contribution in [0.15, 0.2) is 41.1 Å². The Labute approximate surface area is 121 Å². The van der Waals surface area contributed by atoms with Crippen molar-refractivity contribution in [3.8, 4) is 11.4 Å². The van der Waals surface area contributed by atoms with Crippen LogP contribution in [0.1, 0.15) is 30.3 Å². The molecule has 0 saturated heterocycles. The zero-order chi connectivity index (χ0) is 14.1. The van der Waals surface area contributed by atoms with Gasteiger partial charge in [0.2, 0.25) is 11.7 Å². The van der Waals surface area contributed by atoms with Crippen LogP contribution in [-0.4, -0.2) is 25.1 Å². The fourth-order valence-electron chi connectivity index (χ4n) is 2.26. The maximum atomic E-state index is 5.28. The van der Waals surface area contributed by atoms with Crippen molar-refractivity contribution in [1.82, 2.24) is 25.1 Å². The second kappa shape index (κ2) is 5.12. The molecule has 0 amide bonds. The van der Waals surface area contributed by atoms with Gasteiger partial charge in [-0.3, -0.25) is 4.68 Å². The van der Waals surface area contributed by atoms with Crippen molar-refractivity contribution in [1.29, 1.82) is 0 Å². The smallest absolute Gasteiger partial charge is 0.228 e. The first-order valence-electron chi connectivity index (χ1n) is 7.16. The fourth-order valence-corrected chi connectivity index (χ4v) is 2.26. The maximum absolute atomic E-state index is 5.28. The van der Waals surface area contributed by atoms with Crippen LogP contribution in [0.5, 0.6) is 0 Å². The highest BCUT2D eigenvalue weighted by atomic mass is 16.5. The van der Waals surface area contributed by atoms with Crippen LogP contribution in [-0.2, 0) is 13.0 Å². The summed E-state index contributed by atoms with van der Waals surface area (Å²) >= 11 is 0. The van der Waals surface area contributed by atoms with Crippen molar-refractivity contribution >= 4 is 0 Å². The molecule has 6 heteroatoms. The summed E-state index contributed by atoms with van der Waals surface area (Å²) in [5.74, 6) is 1.88. The SMILES string of the molecule is c1ccc(-c2noc(CCn3cc(C4CC4)nn3)n2)cc1. The van der Waals surface area contributed by atoms with Crippen LogP contribution in [0.2, 0.25) is 0 Å². The first kappa shape index (κ1) is 12.3. The molecule has 0 N–H and O–H groups in total. The minimum absolute atomic E-state index is 0.623. The molecule has 2 heterocycles. The Hall–Kier alpha value is -2.50. The fraction of sp³-hybridized carbons (Fsp3) is 0.333. The largest absolute Gasteiger partial charge is 0.339 e. The van der Waals surface area contributed by atoms with Crippen molar-refractivity contribution < 1.29 is 4.52 Å². The topological polar surface area (TPSA) is 69.6 Å². The van der Waals surface area contributed by atoms with Gasteiger partial charge in [-0.15, -0.1) is 5.10 Å². The van der Waals surface area contributed by atoms with Gasteiger partial charge in [-0.25, -0.2) is 0 Å². The van der Waals surface area contributed by atoms with Crippen LogP contribution < -0.4 is 0 Å². The van der Waals surface area contributed by atoms with Crippen molar-refractivity contribution in [3.63, 3.8) is 0 Å². The summed E-state index contributed by atoms with van der Waals surface area (Å²) in [5, 5.41) is 12.3. The Balaban J connectivity index is 1.41. The molecular formula is C15H15N5O. The Morgan fingerprint density at radius 1 is 1.19 bits per heavy atom. The highest BCUT2D eigenvalue weighted by Gasteiger charge is 2.26. The Morgan fingerprint density at radius 3 is 2.86 bits per heavy atom. The monoisotopic (exact) mass is 281 g/mol. The van der Waals surface area contributed by atoms with E-state index in [4.69, 9.17) is 4.52 Å². The van der Waals surface area contributed by atoms with E-state index in [0.717, 1.165) is 11.3 Å². The molecule has 2 aromatic heterocycles. The molecule has 6 nitrogen and oxygen atoms in total. The summed E-state index contributed by atoms with van der Waals surface area (Å²) in [7, 11) is 0. The van der Waals surface area contributed by atoms with Gasteiger partial charge in [-0.2, -0.15) is 4.98 Å². The van der Waals surface area contributed by atoms with Crippen LogP contribution in [0, 0.1) is 0 Å². The average molecular weight is 281 g/mol. The van der Waals surface area contributed by atoms with Crippen molar-refractivity contribution in [2.24, 2.45) is 0 Å². The van der Waals surface area contributed by atoms with E-state index >= 15 is 0 Å². The molecule has 3 aromatic rings. The van der Waals surface area contributed by atoms with E-state index in [9.17, 15) is 0 Å². The van der Waals surface area contributed by atoms with Crippen LogP contribution in [0.25, 0.3) is 11.4 Å². The molecule has 4 rings (SSSR count). The van der Waals surface area contributed by atoms with E-state index in [1.54, 1.807) is 0 Å². The lowest BCUT2D eigenvalue weighted by Gasteiger charge is -1.95. The molecule has 1 aliphatic rings. The number of rotatable bonds is 5. The van der Waals surface area contributed by atoms with Crippen LogP contribution in [0.4, 0.5) is 0 Å². The lowest BCUT2D eigenvalue weighted by Crippen LogP contribution is -2.02. The average Bonchev–Trinajstić information content (AvgIpc) is 3.09. The summed E-state index contributed by atoms with van der Waals surface area (Å²) in [5.41, 5.74) is 2.06. The van der Waals surface area contributed by atoms with Gasteiger partial charge in [0, 0.05) is 24.1 Å². The Bertz CT molecular complexity index is 729. The number of hydrogen-bond donors (Lipinski definition) is 0. The standard InChI is InChI=1S/C15H15N5O/c1-2-4-12(5-3-1)15-16-14(21-18-15)8-9-20-10-13(17-19-20)11-6-7-11/h1-5,10-11H,6-9H2. The first-order chi connectivity index (χ1) is 10.4. The van der Waals surface area contributed by atoms with Gasteiger partial charge < -0.3 is 4.52 Å². The summed E-state index contributed by atoms with van der Waals surface area (Å²) in [6, 6.07) is 9.81. The maximum Gasteiger partial charge on any atom is 0.228 e. The normalized spacial score (nSPS) is 14.5. The van der Waals surface area contributed by atoms with Gasteiger partial charge >= 0.3 is 0 Å². The minimum atomic E-state index is 0.623. The molecule has 0 aliphatic heterocycles. The van der Waals surface area contributed by atoms with Gasteiger partial charge in [0.25, 0.3) is 0 Å². The third-order valence-corrected chi connectivity index (χ3v) is 3.61. The molecule has 1 saturated carbocycles. The van der Waals surface area contributed by atoms with Crippen molar-refractivity contribution in [3.05, 3.63) is 48.1 Å². The molecule has 1 aliphatic carbocycles. The predicted octanol–water partition coefficient (Wildman–Crippen LogP) is 2.45. The van der Waals surface area contributed by atoms with E-state index in [-0.39, 0.29) is 0 Å². The van der Waals surface area contributed by atoms with Gasteiger partial charge in [0.15, 0.2) is 0 Å². The van der Waals surface area contributed by atoms with E-state index in [1.165, 1.54) is 12.8 Å². The summed E-state index contributed by atoms with van der Waals surface area (Å²) in [6.07, 6.45) is 5.16. The summed E-state index contributed by atoms with van der Waals surface area (Å²) in [4.78, 5) is 4.41. The zero-order valence-electron chi connectivity index (χ0n) is 11.5. The Kier molecular flexibility index (Phi) is 2.99. The van der Waals surface area contributed by atoms with Gasteiger partial charge in [0.05, 0.1) is 12.2 Å². The van der Waals surface area contributed by atoms with E-state index in [2.05, 4.69) is 20.5 Å². The molecule has 106 valence electrons. The van der Waals surface area contributed by atoms with Crippen LogP contribution in [0.3, 0.4) is 0 Å². The molecule has 0 bridgehead atoms. The lowest BCUT2D eigenvalue weighted by atomic mass is 10.2. The molecule has 21 heavy (non-hydrogen) atoms. The van der Waals surface area contributed by atoms with Crippen molar-refractivity contribution in [2.45, 2.75) is 31.7 Å². The predicted molar refractivity (Wildman–Crippen MR) is 75.4 cm³/mol. The van der Waals surface area contributed by atoms with E-state index < -0.39 is 0 Å². The lowest BCUT2D eigenvalue weighted by molar-refractivity contribution is 0.368. The van der Waals surface area contributed by atoms with E-state index in [0.29, 0.717) is 30.6 Å². The summed E-state index contributed by atoms with van der Waals surface area (Å²) < 4.78 is 7.13. The number of nitrogens with zero attached hydrogens (tertiary/aromatic N) is 5. The number of benzene rings is 1. The summed E-state index contributed by atoms with van der Waals surface area (Å²) in [6.45, 7) is 0.705. The minimum Gasteiger partial charge on any atom is -0.339 e. The van der Waals surface area contributed by atoms with Gasteiger partial charge in [-0.05, 0) is 12.8 Å². The number of hydrogen-bond acceptors (Lipinski definition) is 5. The Morgan fingerprint density at radius 2 is 2.05 bits per heavy atom. The first-order valence-corrected chi connectivity index (χ1v) is 7.16. The van der Waals surface area contributed by atoms with Gasteiger partial charge in [-0.1, -0.05) is 40.7 Å². The molecule has 0 atom stereocenters. The molecule has 1 fully saturated rings. The van der Waals surface area contributed by atoms with E-state index in [1.807, 2.05) is 41.2 Å². The molecule has 0 spiro atoms. The zero-order valence-corrected chi connectivity index (χ0v) is 11.5. The molecule has 0 radical (unpaired) electrons. The van der Waals surface area contributed by atoms with Crippen molar-refractivity contribution in [2.75, 3.05) is 0 Å². The van der Waals surface area contributed by atoms with Gasteiger partial charge in [0.1, 0.15) is 0 Å². The quantitative estimate of drug-likeness (QED) is 0.718. The highest BCUT2D eigenvalue weighted by Crippen LogP contribution is 2.38. The molecule has 0 unspecified atom stereocenters.